The van der Waals surface area contributed by atoms with Crippen molar-refractivity contribution in [2.45, 2.75) is 19.4 Å². The molecule has 9 heteroatoms. The standard InChI is InChI=1S/C8H6F5NO3/c9-6(10)3-1-14-7(17-8(11,12)13)5(16)4(3)2-15/h1,6,15-16H,2H2. The van der Waals surface area contributed by atoms with E-state index in [0.717, 1.165) is 0 Å². The summed E-state index contributed by atoms with van der Waals surface area (Å²) in [6, 6.07) is 0. The molecular weight excluding hydrogens is 253 g/mol. The van der Waals surface area contributed by atoms with Gasteiger partial charge in [-0.3, -0.25) is 0 Å². The fourth-order valence-electron chi connectivity index (χ4n) is 1.07. The molecule has 1 rings (SSSR count). The Kier molecular flexibility index (Phi) is 3.71. The van der Waals surface area contributed by atoms with Crippen molar-refractivity contribution in [1.29, 1.82) is 0 Å². The lowest BCUT2D eigenvalue weighted by atomic mass is 10.1. The second-order valence-electron chi connectivity index (χ2n) is 2.85. The van der Waals surface area contributed by atoms with Gasteiger partial charge in [0.15, 0.2) is 5.75 Å². The van der Waals surface area contributed by atoms with Crippen LogP contribution in [-0.2, 0) is 6.61 Å². The molecule has 4 nitrogen and oxygen atoms in total. The first kappa shape index (κ1) is 13.4. The van der Waals surface area contributed by atoms with Gasteiger partial charge in [0.25, 0.3) is 12.3 Å². The Bertz CT molecular complexity index is 407. The zero-order chi connectivity index (χ0) is 13.2. The van der Waals surface area contributed by atoms with E-state index in [-0.39, 0.29) is 0 Å². The molecule has 0 radical (unpaired) electrons. The van der Waals surface area contributed by atoms with E-state index >= 15 is 0 Å². The Morgan fingerprint density at radius 2 is 1.94 bits per heavy atom. The molecule has 0 spiro atoms. The van der Waals surface area contributed by atoms with Gasteiger partial charge in [-0.05, 0) is 0 Å². The molecule has 0 aliphatic heterocycles. The van der Waals surface area contributed by atoms with Crippen molar-refractivity contribution in [1.82, 2.24) is 4.98 Å². The molecule has 0 saturated carbocycles. The summed E-state index contributed by atoms with van der Waals surface area (Å²) >= 11 is 0. The lowest BCUT2D eigenvalue weighted by Crippen LogP contribution is -2.18. The number of rotatable bonds is 3. The summed E-state index contributed by atoms with van der Waals surface area (Å²) in [5.41, 5.74) is -1.62. The van der Waals surface area contributed by atoms with Gasteiger partial charge in [-0.1, -0.05) is 0 Å². The van der Waals surface area contributed by atoms with Crippen molar-refractivity contribution >= 4 is 0 Å². The Hall–Kier alpha value is -1.64. The second kappa shape index (κ2) is 4.70. The number of halogens is 5. The molecule has 2 N–H and O–H groups in total. The number of alkyl halides is 5. The maximum absolute atomic E-state index is 12.3. The summed E-state index contributed by atoms with van der Waals surface area (Å²) in [4.78, 5) is 2.91. The van der Waals surface area contributed by atoms with Gasteiger partial charge in [0, 0.05) is 17.3 Å². The lowest BCUT2D eigenvalue weighted by molar-refractivity contribution is -0.276. The summed E-state index contributed by atoms with van der Waals surface area (Å²) < 4.78 is 63.5. The molecule has 0 saturated heterocycles. The van der Waals surface area contributed by atoms with Gasteiger partial charge in [0.1, 0.15) is 0 Å². The Morgan fingerprint density at radius 1 is 1.35 bits per heavy atom. The lowest BCUT2D eigenvalue weighted by Gasteiger charge is -2.13. The normalized spacial score (nSPS) is 11.9. The van der Waals surface area contributed by atoms with E-state index in [9.17, 15) is 27.1 Å². The average Bonchev–Trinajstić information content (AvgIpc) is 2.18. The van der Waals surface area contributed by atoms with E-state index in [0.29, 0.717) is 6.20 Å². The minimum atomic E-state index is -5.12. The quantitative estimate of drug-likeness (QED) is 0.816. The van der Waals surface area contributed by atoms with Gasteiger partial charge >= 0.3 is 6.36 Å². The maximum Gasteiger partial charge on any atom is 0.574 e. The highest BCUT2D eigenvalue weighted by atomic mass is 19.4. The van der Waals surface area contributed by atoms with Gasteiger partial charge in [-0.15, -0.1) is 13.2 Å². The molecule has 1 aromatic heterocycles. The van der Waals surface area contributed by atoms with Crippen LogP contribution in [0.3, 0.4) is 0 Å². The van der Waals surface area contributed by atoms with E-state index in [1.54, 1.807) is 0 Å². The van der Waals surface area contributed by atoms with Crippen LogP contribution in [0.1, 0.15) is 17.6 Å². The summed E-state index contributed by atoms with van der Waals surface area (Å²) in [7, 11) is 0. The highest BCUT2D eigenvalue weighted by molar-refractivity contribution is 5.45. The van der Waals surface area contributed by atoms with Crippen molar-refractivity contribution < 1.29 is 36.9 Å². The molecule has 0 aliphatic rings. The third kappa shape index (κ3) is 3.16. The molecule has 0 unspecified atom stereocenters. The van der Waals surface area contributed by atoms with Crippen LogP contribution in [0.2, 0.25) is 0 Å². The predicted octanol–water partition coefficient (Wildman–Crippen LogP) is 2.12. The SMILES string of the molecule is OCc1c(C(F)F)cnc(OC(F)(F)F)c1O. The summed E-state index contributed by atoms with van der Waals surface area (Å²) in [5.74, 6) is -2.55. The number of nitrogens with zero attached hydrogens (tertiary/aromatic N) is 1. The van der Waals surface area contributed by atoms with Gasteiger partial charge in [0.2, 0.25) is 0 Å². The molecule has 0 aliphatic carbocycles. The van der Waals surface area contributed by atoms with Crippen LogP contribution in [-0.4, -0.2) is 21.6 Å². The smallest absolute Gasteiger partial charge is 0.503 e. The topological polar surface area (TPSA) is 62.6 Å². The minimum Gasteiger partial charge on any atom is -0.503 e. The van der Waals surface area contributed by atoms with Crippen molar-refractivity contribution in [2.24, 2.45) is 0 Å². The summed E-state index contributed by atoms with van der Waals surface area (Å²) in [6.07, 6.45) is -7.81. The third-order valence-electron chi connectivity index (χ3n) is 1.76. The van der Waals surface area contributed by atoms with Crippen LogP contribution in [0.4, 0.5) is 22.0 Å². The van der Waals surface area contributed by atoms with Gasteiger partial charge < -0.3 is 14.9 Å². The van der Waals surface area contributed by atoms with E-state index in [4.69, 9.17) is 5.11 Å². The molecule has 0 bridgehead atoms. The number of hydrogen-bond acceptors (Lipinski definition) is 4. The second-order valence-corrected chi connectivity index (χ2v) is 2.85. The van der Waals surface area contributed by atoms with Crippen LogP contribution < -0.4 is 4.74 Å². The molecule has 17 heavy (non-hydrogen) atoms. The highest BCUT2D eigenvalue weighted by Gasteiger charge is 2.34. The molecule has 96 valence electrons. The Labute approximate surface area is 91.3 Å². The zero-order valence-electron chi connectivity index (χ0n) is 8.00. The summed E-state index contributed by atoms with van der Waals surface area (Å²) in [5, 5.41) is 17.9. The number of hydrogen-bond donors (Lipinski definition) is 2. The number of aromatic nitrogens is 1. The number of aliphatic hydroxyl groups excluding tert-OH is 1. The van der Waals surface area contributed by atoms with Crippen LogP contribution in [0.25, 0.3) is 0 Å². The largest absolute Gasteiger partial charge is 0.574 e. The molecule has 0 aromatic carbocycles. The Morgan fingerprint density at radius 3 is 2.35 bits per heavy atom. The van der Waals surface area contributed by atoms with Crippen LogP contribution in [0.5, 0.6) is 11.6 Å². The monoisotopic (exact) mass is 259 g/mol. The zero-order valence-corrected chi connectivity index (χ0v) is 8.00. The van der Waals surface area contributed by atoms with E-state index in [1.165, 1.54) is 0 Å². The number of aliphatic hydroxyl groups is 1. The van der Waals surface area contributed by atoms with Crippen molar-refractivity contribution in [2.75, 3.05) is 0 Å². The van der Waals surface area contributed by atoms with Crippen molar-refractivity contribution in [3.05, 3.63) is 17.3 Å². The van der Waals surface area contributed by atoms with E-state index in [1.807, 2.05) is 0 Å². The van der Waals surface area contributed by atoms with E-state index in [2.05, 4.69) is 9.72 Å². The molecule has 1 aromatic rings. The van der Waals surface area contributed by atoms with Crippen LogP contribution >= 0.6 is 0 Å². The van der Waals surface area contributed by atoms with Crippen LogP contribution in [0, 0.1) is 0 Å². The fourth-order valence-corrected chi connectivity index (χ4v) is 1.07. The predicted molar refractivity (Wildman–Crippen MR) is 43.5 cm³/mol. The molecule has 0 amide bonds. The number of pyridine rings is 1. The van der Waals surface area contributed by atoms with Crippen molar-refractivity contribution in [3.8, 4) is 11.6 Å². The van der Waals surface area contributed by atoms with Gasteiger partial charge in [0.05, 0.1) is 6.61 Å². The first-order chi connectivity index (χ1) is 7.76. The first-order valence-corrected chi connectivity index (χ1v) is 4.11. The Balaban J connectivity index is 3.20. The summed E-state index contributed by atoms with van der Waals surface area (Å²) in [6.45, 7) is -1.07. The van der Waals surface area contributed by atoms with Gasteiger partial charge in [-0.2, -0.15) is 0 Å². The maximum atomic E-state index is 12.3. The number of aromatic hydroxyl groups is 1. The first-order valence-electron chi connectivity index (χ1n) is 4.11. The molecular formula is C8H6F5NO3. The highest BCUT2D eigenvalue weighted by Crippen LogP contribution is 2.36. The molecule has 1 heterocycles. The fraction of sp³-hybridized carbons (Fsp3) is 0.375. The minimum absolute atomic E-state index is 0.400. The number of ether oxygens (including phenoxy) is 1. The van der Waals surface area contributed by atoms with Crippen LogP contribution in [0.15, 0.2) is 6.20 Å². The molecule has 0 atom stereocenters. The van der Waals surface area contributed by atoms with E-state index < -0.39 is 42.2 Å². The average molecular weight is 259 g/mol. The third-order valence-corrected chi connectivity index (χ3v) is 1.76. The van der Waals surface area contributed by atoms with Gasteiger partial charge in [-0.25, -0.2) is 13.8 Å². The molecule has 0 fully saturated rings. The van der Waals surface area contributed by atoms with Crippen molar-refractivity contribution in [3.63, 3.8) is 0 Å².